The second kappa shape index (κ2) is 4.93. The van der Waals surface area contributed by atoms with E-state index in [9.17, 15) is 14.7 Å². The third kappa shape index (κ3) is 2.03. The summed E-state index contributed by atoms with van der Waals surface area (Å²) in [6.45, 7) is 0. The predicted octanol–water partition coefficient (Wildman–Crippen LogP) is 2.85. The number of carbonyl (C=O) groups is 1. The number of aromatic nitrogens is 2. The van der Waals surface area contributed by atoms with Crippen LogP contribution in [0, 0.1) is 11.8 Å². The maximum Gasteiger partial charge on any atom is 0.360 e. The number of benzene rings is 1. The molecule has 1 aromatic carbocycles. The highest BCUT2D eigenvalue weighted by atomic mass is 16.4. The van der Waals surface area contributed by atoms with E-state index in [0.29, 0.717) is 17.4 Å². The molecule has 5 heteroatoms. The number of para-hydroxylation sites is 2. The first-order valence-corrected chi connectivity index (χ1v) is 7.88. The van der Waals surface area contributed by atoms with E-state index in [0.717, 1.165) is 18.4 Å². The minimum Gasteiger partial charge on any atom is -0.476 e. The van der Waals surface area contributed by atoms with E-state index in [4.69, 9.17) is 0 Å². The average molecular weight is 298 g/mol. The van der Waals surface area contributed by atoms with E-state index in [-0.39, 0.29) is 11.7 Å². The smallest absolute Gasteiger partial charge is 0.360 e. The summed E-state index contributed by atoms with van der Waals surface area (Å²) in [5.41, 5.74) is 0.510. The van der Waals surface area contributed by atoms with Crippen molar-refractivity contribution in [2.75, 3.05) is 0 Å². The zero-order valence-electron chi connectivity index (χ0n) is 12.2. The van der Waals surface area contributed by atoms with E-state index in [1.165, 1.54) is 19.3 Å². The third-order valence-electron chi connectivity index (χ3n) is 5.22. The van der Waals surface area contributed by atoms with Crippen LogP contribution in [-0.4, -0.2) is 20.6 Å². The van der Waals surface area contributed by atoms with E-state index in [2.05, 4.69) is 4.98 Å². The summed E-state index contributed by atoms with van der Waals surface area (Å²) in [6, 6.07) is 7.43. The van der Waals surface area contributed by atoms with Gasteiger partial charge in [-0.05, 0) is 43.2 Å². The number of fused-ring (bicyclic) bond motifs is 3. The van der Waals surface area contributed by atoms with Gasteiger partial charge in [0, 0.05) is 6.04 Å². The summed E-state index contributed by atoms with van der Waals surface area (Å²) in [4.78, 5) is 28.1. The van der Waals surface area contributed by atoms with Crippen LogP contribution >= 0.6 is 0 Å². The molecule has 2 aromatic rings. The monoisotopic (exact) mass is 298 g/mol. The highest BCUT2D eigenvalue weighted by molar-refractivity contribution is 5.88. The highest BCUT2D eigenvalue weighted by Gasteiger charge is 2.36. The zero-order chi connectivity index (χ0) is 15.3. The molecule has 5 nitrogen and oxygen atoms in total. The Bertz CT molecular complexity index is 799. The van der Waals surface area contributed by atoms with E-state index < -0.39 is 11.5 Å². The van der Waals surface area contributed by atoms with E-state index in [1.54, 1.807) is 10.6 Å². The largest absolute Gasteiger partial charge is 0.476 e. The number of carboxylic acids is 1. The van der Waals surface area contributed by atoms with Gasteiger partial charge in [0.05, 0.1) is 11.0 Å². The van der Waals surface area contributed by atoms with Crippen molar-refractivity contribution in [1.82, 2.24) is 9.55 Å². The molecule has 114 valence electrons. The van der Waals surface area contributed by atoms with Gasteiger partial charge in [-0.2, -0.15) is 0 Å². The molecule has 2 aliphatic carbocycles. The molecule has 1 heterocycles. The Hall–Kier alpha value is -2.17. The first-order chi connectivity index (χ1) is 10.6. The summed E-state index contributed by atoms with van der Waals surface area (Å²) < 4.78 is 1.70. The Labute approximate surface area is 127 Å². The van der Waals surface area contributed by atoms with Crippen molar-refractivity contribution in [3.63, 3.8) is 0 Å². The number of nitrogens with zero attached hydrogens (tertiary/aromatic N) is 2. The summed E-state index contributed by atoms with van der Waals surface area (Å²) in [6.07, 6.45) is 5.70. The van der Waals surface area contributed by atoms with Crippen molar-refractivity contribution >= 4 is 17.0 Å². The van der Waals surface area contributed by atoms with Crippen LogP contribution < -0.4 is 5.56 Å². The summed E-state index contributed by atoms with van der Waals surface area (Å²) in [5.74, 6) is 0.106. The van der Waals surface area contributed by atoms with Gasteiger partial charge < -0.3 is 9.67 Å². The van der Waals surface area contributed by atoms with Gasteiger partial charge >= 0.3 is 5.97 Å². The number of hydrogen-bond donors (Lipinski definition) is 1. The van der Waals surface area contributed by atoms with Crippen LogP contribution in [0.5, 0.6) is 0 Å². The molecule has 2 bridgehead atoms. The zero-order valence-corrected chi connectivity index (χ0v) is 12.2. The van der Waals surface area contributed by atoms with Crippen LogP contribution in [0.3, 0.4) is 0 Å². The van der Waals surface area contributed by atoms with Gasteiger partial charge in [-0.15, -0.1) is 0 Å². The molecule has 1 N–H and O–H groups in total. The van der Waals surface area contributed by atoms with Gasteiger partial charge in [-0.3, -0.25) is 4.79 Å². The van der Waals surface area contributed by atoms with Crippen LogP contribution in [0.4, 0.5) is 0 Å². The maximum absolute atomic E-state index is 12.7. The van der Waals surface area contributed by atoms with E-state index in [1.807, 2.05) is 18.2 Å². The van der Waals surface area contributed by atoms with Crippen LogP contribution in [0.2, 0.25) is 0 Å². The maximum atomic E-state index is 12.7. The fraction of sp³-hybridized carbons (Fsp3) is 0.471. The summed E-state index contributed by atoms with van der Waals surface area (Å²) in [7, 11) is 0. The van der Waals surface area contributed by atoms with Crippen molar-refractivity contribution in [3.05, 3.63) is 40.3 Å². The average Bonchev–Trinajstić information content (AvgIpc) is 2.84. The van der Waals surface area contributed by atoms with Crippen LogP contribution in [0.15, 0.2) is 29.1 Å². The molecule has 22 heavy (non-hydrogen) atoms. The van der Waals surface area contributed by atoms with Crippen molar-refractivity contribution in [3.8, 4) is 0 Å². The second-order valence-electron chi connectivity index (χ2n) is 6.60. The minimum absolute atomic E-state index is 0.102. The van der Waals surface area contributed by atoms with Gasteiger partial charge in [0.15, 0.2) is 0 Å². The fourth-order valence-corrected chi connectivity index (χ4v) is 4.34. The molecule has 2 aliphatic rings. The van der Waals surface area contributed by atoms with Crippen molar-refractivity contribution in [2.45, 2.75) is 38.1 Å². The standard InChI is InChI=1S/C17H18N2O3/c20-16-15(17(21)22)18-13-3-1-2-4-14(13)19(16)12-8-10-5-6-11(7-10)9-12/h1-4,10-12H,5-9H2,(H,21,22)/t10-,11+,12?. The molecule has 0 radical (unpaired) electrons. The fourth-order valence-electron chi connectivity index (χ4n) is 4.34. The predicted molar refractivity (Wildman–Crippen MR) is 82.1 cm³/mol. The Morgan fingerprint density at radius 2 is 1.82 bits per heavy atom. The van der Waals surface area contributed by atoms with Crippen molar-refractivity contribution < 1.29 is 9.90 Å². The Morgan fingerprint density at radius 3 is 2.50 bits per heavy atom. The molecule has 0 aliphatic heterocycles. The Balaban J connectivity index is 1.93. The molecule has 4 rings (SSSR count). The molecule has 0 spiro atoms. The van der Waals surface area contributed by atoms with E-state index >= 15 is 0 Å². The molecular weight excluding hydrogens is 280 g/mol. The van der Waals surface area contributed by atoms with Gasteiger partial charge in [-0.1, -0.05) is 25.0 Å². The molecule has 0 saturated heterocycles. The lowest BCUT2D eigenvalue weighted by Gasteiger charge is -2.30. The van der Waals surface area contributed by atoms with Crippen LogP contribution in [0.1, 0.15) is 48.6 Å². The van der Waals surface area contributed by atoms with Crippen molar-refractivity contribution in [1.29, 1.82) is 0 Å². The highest BCUT2D eigenvalue weighted by Crippen LogP contribution is 2.46. The second-order valence-corrected chi connectivity index (χ2v) is 6.60. The van der Waals surface area contributed by atoms with Gasteiger partial charge in [0.2, 0.25) is 5.69 Å². The number of rotatable bonds is 2. The quantitative estimate of drug-likeness (QED) is 0.925. The third-order valence-corrected chi connectivity index (χ3v) is 5.22. The minimum atomic E-state index is -1.25. The summed E-state index contributed by atoms with van der Waals surface area (Å²) in [5, 5.41) is 9.29. The summed E-state index contributed by atoms with van der Waals surface area (Å²) >= 11 is 0. The Kier molecular flexibility index (Phi) is 3.03. The normalized spacial score (nSPS) is 27.2. The van der Waals surface area contributed by atoms with Gasteiger partial charge in [0.25, 0.3) is 5.56 Å². The lowest BCUT2D eigenvalue weighted by Crippen LogP contribution is -2.33. The van der Waals surface area contributed by atoms with Crippen LogP contribution in [0.25, 0.3) is 11.0 Å². The molecule has 0 amide bonds. The molecule has 2 fully saturated rings. The number of aromatic carboxylic acids is 1. The van der Waals surface area contributed by atoms with Gasteiger partial charge in [0.1, 0.15) is 0 Å². The molecule has 3 atom stereocenters. The SMILES string of the molecule is O=C(O)c1nc2ccccc2n(C2C[C@H]3CC[C@@H](C2)C3)c1=O. The topological polar surface area (TPSA) is 72.2 Å². The number of carboxylic acid groups (broad SMARTS) is 1. The van der Waals surface area contributed by atoms with Crippen molar-refractivity contribution in [2.24, 2.45) is 11.8 Å². The lowest BCUT2D eigenvalue weighted by atomic mass is 9.85. The molecule has 1 aromatic heterocycles. The first kappa shape index (κ1) is 13.5. The molecular formula is C17H18N2O3. The molecule has 2 saturated carbocycles. The lowest BCUT2D eigenvalue weighted by molar-refractivity contribution is 0.0687. The number of hydrogen-bond acceptors (Lipinski definition) is 3. The molecule has 1 unspecified atom stereocenters. The van der Waals surface area contributed by atoms with Gasteiger partial charge in [-0.25, -0.2) is 9.78 Å². The first-order valence-electron chi connectivity index (χ1n) is 7.88. The van der Waals surface area contributed by atoms with Crippen LogP contribution in [-0.2, 0) is 0 Å². The Morgan fingerprint density at radius 1 is 1.14 bits per heavy atom.